The summed E-state index contributed by atoms with van der Waals surface area (Å²) in [6, 6.07) is 0.821. The first kappa shape index (κ1) is 19.0. The third-order valence-electron chi connectivity index (χ3n) is 4.15. The Balaban J connectivity index is 0.00000162. The van der Waals surface area contributed by atoms with Gasteiger partial charge < -0.3 is 10.2 Å². The Hall–Kier alpha value is -0.0300. The van der Waals surface area contributed by atoms with Crippen LogP contribution in [0.25, 0.3) is 0 Å². The lowest BCUT2D eigenvalue weighted by Crippen LogP contribution is -2.54. The second-order valence-corrected chi connectivity index (χ2v) is 5.40. The molecule has 0 bridgehead atoms. The molecule has 0 aromatic heterocycles. The lowest BCUT2D eigenvalue weighted by Gasteiger charge is -2.43. The van der Waals surface area contributed by atoms with Crippen molar-refractivity contribution < 1.29 is 4.79 Å². The first-order valence-corrected chi connectivity index (χ1v) is 6.90. The average Bonchev–Trinajstić information content (AvgIpc) is 2.27. The number of hydrogen-bond donors (Lipinski definition) is 1. The Bertz CT molecular complexity index is 267. The standard InChI is InChI=1S/C13H25N3O.2ClH/c1-11(10-14-2)13(17)16-8-6-15(7-9-16)12-4-3-5-12;;/h11-12,14H,3-10H2,1-2H3;2*1H. The molecule has 1 unspecified atom stereocenters. The monoisotopic (exact) mass is 311 g/mol. The van der Waals surface area contributed by atoms with E-state index in [0.717, 1.165) is 38.8 Å². The Morgan fingerprint density at radius 2 is 1.79 bits per heavy atom. The molecule has 4 nitrogen and oxygen atoms in total. The average molecular weight is 312 g/mol. The Morgan fingerprint density at radius 1 is 1.21 bits per heavy atom. The van der Waals surface area contributed by atoms with E-state index >= 15 is 0 Å². The largest absolute Gasteiger partial charge is 0.340 e. The van der Waals surface area contributed by atoms with Gasteiger partial charge in [0.15, 0.2) is 0 Å². The van der Waals surface area contributed by atoms with Crippen LogP contribution in [0.4, 0.5) is 0 Å². The van der Waals surface area contributed by atoms with Gasteiger partial charge in [0, 0.05) is 44.7 Å². The van der Waals surface area contributed by atoms with Crippen molar-refractivity contribution in [3.63, 3.8) is 0 Å². The van der Waals surface area contributed by atoms with Gasteiger partial charge in [-0.05, 0) is 19.9 Å². The maximum atomic E-state index is 12.1. The summed E-state index contributed by atoms with van der Waals surface area (Å²) in [6.07, 6.45) is 4.12. The number of carbonyl (C=O) groups excluding carboxylic acids is 1. The molecule has 1 N–H and O–H groups in total. The number of nitrogens with zero attached hydrogens (tertiary/aromatic N) is 2. The predicted octanol–water partition coefficient (Wildman–Crippen LogP) is 1.38. The Labute approximate surface area is 129 Å². The van der Waals surface area contributed by atoms with Crippen LogP contribution in [0.15, 0.2) is 0 Å². The molecule has 1 atom stereocenters. The van der Waals surface area contributed by atoms with Gasteiger partial charge in [-0.3, -0.25) is 9.69 Å². The summed E-state index contributed by atoms with van der Waals surface area (Å²) in [5, 5.41) is 3.07. The Kier molecular flexibility index (Phi) is 8.99. The van der Waals surface area contributed by atoms with Crippen molar-refractivity contribution in [2.45, 2.75) is 32.2 Å². The molecule has 0 aromatic carbocycles. The summed E-state index contributed by atoms with van der Waals surface area (Å²) < 4.78 is 0. The van der Waals surface area contributed by atoms with E-state index in [1.54, 1.807) is 0 Å². The predicted molar refractivity (Wildman–Crippen MR) is 83.4 cm³/mol. The molecule has 2 rings (SSSR count). The van der Waals surface area contributed by atoms with E-state index in [2.05, 4.69) is 10.2 Å². The fourth-order valence-corrected chi connectivity index (χ4v) is 2.76. The van der Waals surface area contributed by atoms with Crippen molar-refractivity contribution in [1.29, 1.82) is 0 Å². The van der Waals surface area contributed by atoms with Crippen LogP contribution in [0.5, 0.6) is 0 Å². The van der Waals surface area contributed by atoms with Gasteiger partial charge in [-0.25, -0.2) is 0 Å². The minimum atomic E-state index is 0. The highest BCUT2D eigenvalue weighted by molar-refractivity contribution is 5.85. The summed E-state index contributed by atoms with van der Waals surface area (Å²) in [7, 11) is 1.90. The molecule has 0 spiro atoms. The molecule has 6 heteroatoms. The van der Waals surface area contributed by atoms with Crippen LogP contribution < -0.4 is 5.32 Å². The van der Waals surface area contributed by atoms with Crippen LogP contribution >= 0.6 is 24.8 Å². The maximum absolute atomic E-state index is 12.1. The van der Waals surface area contributed by atoms with Crippen molar-refractivity contribution in [1.82, 2.24) is 15.1 Å². The zero-order chi connectivity index (χ0) is 12.3. The van der Waals surface area contributed by atoms with Gasteiger partial charge in [-0.2, -0.15) is 0 Å². The topological polar surface area (TPSA) is 35.6 Å². The van der Waals surface area contributed by atoms with Gasteiger partial charge >= 0.3 is 0 Å². The highest BCUT2D eigenvalue weighted by Gasteiger charge is 2.30. The van der Waals surface area contributed by atoms with Gasteiger partial charge in [-0.15, -0.1) is 24.8 Å². The molecule has 19 heavy (non-hydrogen) atoms. The molecule has 1 aliphatic heterocycles. The fraction of sp³-hybridized carbons (Fsp3) is 0.923. The lowest BCUT2D eigenvalue weighted by atomic mass is 9.91. The van der Waals surface area contributed by atoms with E-state index in [0.29, 0.717) is 5.91 Å². The molecule has 1 amide bonds. The maximum Gasteiger partial charge on any atom is 0.226 e. The minimum Gasteiger partial charge on any atom is -0.340 e. The summed E-state index contributed by atoms with van der Waals surface area (Å²) in [5.41, 5.74) is 0. The summed E-state index contributed by atoms with van der Waals surface area (Å²) in [6.45, 7) is 6.77. The molecule has 0 aromatic rings. The molecular formula is C13H27Cl2N3O. The zero-order valence-electron chi connectivity index (χ0n) is 11.9. The van der Waals surface area contributed by atoms with Crippen molar-refractivity contribution in [2.75, 3.05) is 39.8 Å². The van der Waals surface area contributed by atoms with E-state index in [9.17, 15) is 4.79 Å². The molecule has 1 aliphatic carbocycles. The van der Waals surface area contributed by atoms with E-state index in [1.165, 1.54) is 19.3 Å². The van der Waals surface area contributed by atoms with Crippen LogP contribution in [-0.2, 0) is 4.79 Å². The molecule has 0 radical (unpaired) electrons. The van der Waals surface area contributed by atoms with Gasteiger partial charge in [0.05, 0.1) is 0 Å². The molecule has 1 heterocycles. The SMILES string of the molecule is CNCC(C)C(=O)N1CCN(C2CCC2)CC1.Cl.Cl. The Morgan fingerprint density at radius 3 is 2.21 bits per heavy atom. The smallest absolute Gasteiger partial charge is 0.226 e. The number of nitrogens with one attached hydrogen (secondary N) is 1. The van der Waals surface area contributed by atoms with Crippen LogP contribution in [0, 0.1) is 5.92 Å². The van der Waals surface area contributed by atoms with Gasteiger partial charge in [0.2, 0.25) is 5.91 Å². The van der Waals surface area contributed by atoms with E-state index in [-0.39, 0.29) is 30.7 Å². The first-order chi connectivity index (χ1) is 8.22. The number of carbonyl (C=O) groups is 1. The summed E-state index contributed by atoms with van der Waals surface area (Å²) in [5.74, 6) is 0.419. The number of amides is 1. The second-order valence-electron chi connectivity index (χ2n) is 5.40. The van der Waals surface area contributed by atoms with Gasteiger partial charge in [0.25, 0.3) is 0 Å². The molecule has 2 aliphatic rings. The fourth-order valence-electron chi connectivity index (χ4n) is 2.76. The first-order valence-electron chi connectivity index (χ1n) is 6.90. The highest BCUT2D eigenvalue weighted by Crippen LogP contribution is 2.25. The normalized spacial score (nSPS) is 21.9. The lowest BCUT2D eigenvalue weighted by molar-refractivity contribution is -0.137. The number of hydrogen-bond acceptors (Lipinski definition) is 3. The summed E-state index contributed by atoms with van der Waals surface area (Å²) >= 11 is 0. The van der Waals surface area contributed by atoms with Crippen molar-refractivity contribution in [2.24, 2.45) is 5.92 Å². The summed E-state index contributed by atoms with van der Waals surface area (Å²) in [4.78, 5) is 16.7. The third-order valence-corrected chi connectivity index (χ3v) is 4.15. The van der Waals surface area contributed by atoms with Crippen molar-refractivity contribution >= 4 is 30.7 Å². The molecular weight excluding hydrogens is 285 g/mol. The zero-order valence-corrected chi connectivity index (χ0v) is 13.6. The third kappa shape index (κ3) is 4.78. The van der Waals surface area contributed by atoms with E-state index < -0.39 is 0 Å². The second kappa shape index (κ2) is 9.01. The minimum absolute atomic E-state index is 0. The van der Waals surface area contributed by atoms with E-state index in [4.69, 9.17) is 0 Å². The van der Waals surface area contributed by atoms with Crippen LogP contribution in [0.3, 0.4) is 0 Å². The molecule has 1 saturated heterocycles. The highest BCUT2D eigenvalue weighted by atomic mass is 35.5. The quantitative estimate of drug-likeness (QED) is 0.852. The molecule has 1 saturated carbocycles. The van der Waals surface area contributed by atoms with Gasteiger partial charge in [0.1, 0.15) is 0 Å². The number of piperazine rings is 1. The molecule has 114 valence electrons. The van der Waals surface area contributed by atoms with Crippen molar-refractivity contribution in [3.05, 3.63) is 0 Å². The van der Waals surface area contributed by atoms with Crippen LogP contribution in [-0.4, -0.2) is 61.5 Å². The molecule has 2 fully saturated rings. The van der Waals surface area contributed by atoms with Crippen molar-refractivity contribution in [3.8, 4) is 0 Å². The van der Waals surface area contributed by atoms with E-state index in [1.807, 2.05) is 18.9 Å². The van der Waals surface area contributed by atoms with Crippen LogP contribution in [0.2, 0.25) is 0 Å². The number of halogens is 2. The van der Waals surface area contributed by atoms with Crippen LogP contribution in [0.1, 0.15) is 26.2 Å². The van der Waals surface area contributed by atoms with Gasteiger partial charge in [-0.1, -0.05) is 13.3 Å². The number of rotatable bonds is 4.